The number of hydrogen-bond donors (Lipinski definition) is 3. The van der Waals surface area contributed by atoms with Crippen molar-refractivity contribution < 1.29 is 13.2 Å². The molecule has 0 atom stereocenters. The molecule has 1 aromatic heterocycles. The second-order valence-electron chi connectivity index (χ2n) is 6.13. The molecular formula is C13H22ClN7O3S. The lowest BCUT2D eigenvalue weighted by Gasteiger charge is -2.35. The van der Waals surface area contributed by atoms with Crippen LogP contribution in [0.3, 0.4) is 0 Å². The molecule has 2 aliphatic rings. The van der Waals surface area contributed by atoms with E-state index in [9.17, 15) is 13.2 Å². The van der Waals surface area contributed by atoms with Gasteiger partial charge in [0.1, 0.15) is 18.0 Å². The summed E-state index contributed by atoms with van der Waals surface area (Å²) in [7, 11) is -1.92. The maximum Gasteiger partial charge on any atom is 0.323 e. The van der Waals surface area contributed by atoms with Gasteiger partial charge in [-0.2, -0.15) is 8.42 Å². The van der Waals surface area contributed by atoms with Crippen molar-refractivity contribution in [2.24, 2.45) is 11.1 Å². The Morgan fingerprint density at radius 1 is 1.36 bits per heavy atom. The zero-order valence-electron chi connectivity index (χ0n) is 13.8. The summed E-state index contributed by atoms with van der Waals surface area (Å²) in [5.74, 6) is 1.63. The van der Waals surface area contributed by atoms with Gasteiger partial charge in [0.25, 0.3) is 10.2 Å². The van der Waals surface area contributed by atoms with E-state index in [1.807, 2.05) is 0 Å². The van der Waals surface area contributed by atoms with Crippen LogP contribution in [-0.4, -0.2) is 56.0 Å². The normalized spacial score (nSPS) is 18.4. The quantitative estimate of drug-likeness (QED) is 0.655. The fourth-order valence-electron chi connectivity index (χ4n) is 3.02. The number of halogens is 1. The van der Waals surface area contributed by atoms with Crippen LogP contribution in [0.15, 0.2) is 6.33 Å². The summed E-state index contributed by atoms with van der Waals surface area (Å²) < 4.78 is 24.3. The SMILES string of the molecule is CN1Cc2c(ncnc2N2CCC(CNS(N)(=O)=O)CC2)NC1=O.Cl. The number of anilines is 2. The third-order valence-corrected chi connectivity index (χ3v) is 4.95. The topological polar surface area (TPSA) is 134 Å². The number of urea groups is 1. The van der Waals surface area contributed by atoms with Crippen molar-refractivity contribution in [2.75, 3.05) is 36.9 Å². The summed E-state index contributed by atoms with van der Waals surface area (Å²) in [6.07, 6.45) is 3.13. The highest BCUT2D eigenvalue weighted by molar-refractivity contribution is 7.87. The van der Waals surface area contributed by atoms with Crippen LogP contribution in [0.25, 0.3) is 0 Å². The number of aromatic nitrogens is 2. The molecule has 0 aliphatic carbocycles. The Kier molecular flexibility index (Phi) is 6.03. The summed E-state index contributed by atoms with van der Waals surface area (Å²) in [5.41, 5.74) is 0.903. The van der Waals surface area contributed by atoms with Crippen LogP contribution in [0.1, 0.15) is 18.4 Å². The summed E-state index contributed by atoms with van der Waals surface area (Å²) >= 11 is 0. The lowest BCUT2D eigenvalue weighted by molar-refractivity contribution is 0.218. The van der Waals surface area contributed by atoms with Crippen LogP contribution in [0.4, 0.5) is 16.4 Å². The van der Waals surface area contributed by atoms with E-state index in [0.29, 0.717) is 18.9 Å². The first-order chi connectivity index (χ1) is 11.3. The van der Waals surface area contributed by atoms with Gasteiger partial charge in [-0.25, -0.2) is 24.6 Å². The molecule has 0 saturated carbocycles. The second-order valence-corrected chi connectivity index (χ2v) is 7.51. The van der Waals surface area contributed by atoms with E-state index >= 15 is 0 Å². The molecule has 3 heterocycles. The number of hydrogen-bond acceptors (Lipinski definition) is 6. The van der Waals surface area contributed by atoms with Crippen LogP contribution in [0.2, 0.25) is 0 Å². The first kappa shape index (κ1) is 19.6. The molecule has 25 heavy (non-hydrogen) atoms. The van der Waals surface area contributed by atoms with Crippen molar-refractivity contribution in [1.82, 2.24) is 19.6 Å². The van der Waals surface area contributed by atoms with E-state index in [-0.39, 0.29) is 24.4 Å². The van der Waals surface area contributed by atoms with Crippen molar-refractivity contribution in [3.05, 3.63) is 11.9 Å². The molecule has 1 fully saturated rings. The number of carbonyl (C=O) groups is 1. The van der Waals surface area contributed by atoms with Gasteiger partial charge < -0.3 is 9.80 Å². The third-order valence-electron chi connectivity index (χ3n) is 4.38. The van der Waals surface area contributed by atoms with Crippen molar-refractivity contribution in [3.63, 3.8) is 0 Å². The van der Waals surface area contributed by atoms with E-state index in [4.69, 9.17) is 5.14 Å². The smallest absolute Gasteiger partial charge is 0.323 e. The van der Waals surface area contributed by atoms with Gasteiger partial charge >= 0.3 is 6.03 Å². The average Bonchev–Trinajstić information content (AvgIpc) is 2.53. The first-order valence-electron chi connectivity index (χ1n) is 7.72. The van der Waals surface area contributed by atoms with Gasteiger partial charge in [-0.1, -0.05) is 0 Å². The second kappa shape index (κ2) is 7.68. The van der Waals surface area contributed by atoms with E-state index in [0.717, 1.165) is 37.3 Å². The molecule has 2 aliphatic heterocycles. The number of nitrogens with two attached hydrogens (primary N) is 1. The summed E-state index contributed by atoms with van der Waals surface area (Å²) in [6.45, 7) is 2.34. The van der Waals surface area contributed by atoms with Crippen LogP contribution >= 0.6 is 12.4 Å². The number of fused-ring (bicyclic) bond motifs is 1. The Morgan fingerprint density at radius 2 is 2.04 bits per heavy atom. The maximum absolute atomic E-state index is 11.7. The Bertz CT molecular complexity index is 737. The van der Waals surface area contributed by atoms with Crippen LogP contribution in [-0.2, 0) is 16.8 Å². The molecule has 0 radical (unpaired) electrons. The molecule has 1 aromatic rings. The monoisotopic (exact) mass is 391 g/mol. The number of piperidine rings is 1. The molecule has 12 heteroatoms. The maximum atomic E-state index is 11.7. The predicted molar refractivity (Wildman–Crippen MR) is 95.8 cm³/mol. The van der Waals surface area contributed by atoms with Gasteiger partial charge in [0.15, 0.2) is 0 Å². The molecule has 4 N–H and O–H groups in total. The zero-order valence-corrected chi connectivity index (χ0v) is 15.4. The molecule has 0 spiro atoms. The van der Waals surface area contributed by atoms with Gasteiger partial charge in [0.2, 0.25) is 0 Å². The number of carbonyl (C=O) groups excluding carboxylic acids is 1. The Morgan fingerprint density at radius 3 is 2.68 bits per heavy atom. The van der Waals surface area contributed by atoms with Crippen molar-refractivity contribution in [3.8, 4) is 0 Å². The highest BCUT2D eigenvalue weighted by Gasteiger charge is 2.28. The van der Waals surface area contributed by atoms with E-state index < -0.39 is 10.2 Å². The highest BCUT2D eigenvalue weighted by Crippen LogP contribution is 2.30. The number of amides is 2. The minimum Gasteiger partial charge on any atom is -0.356 e. The first-order valence-corrected chi connectivity index (χ1v) is 9.26. The Labute approximate surface area is 152 Å². The lowest BCUT2D eigenvalue weighted by Crippen LogP contribution is -2.42. The number of rotatable bonds is 4. The molecule has 0 aromatic carbocycles. The molecule has 3 rings (SSSR count). The zero-order chi connectivity index (χ0) is 17.3. The third kappa shape index (κ3) is 4.69. The molecule has 10 nitrogen and oxygen atoms in total. The number of nitrogens with zero attached hydrogens (tertiary/aromatic N) is 4. The van der Waals surface area contributed by atoms with Crippen LogP contribution in [0.5, 0.6) is 0 Å². The van der Waals surface area contributed by atoms with E-state index in [1.54, 1.807) is 11.9 Å². The van der Waals surface area contributed by atoms with Crippen molar-refractivity contribution in [1.29, 1.82) is 0 Å². The molecule has 2 amide bonds. The fourth-order valence-corrected chi connectivity index (χ4v) is 3.49. The van der Waals surface area contributed by atoms with Crippen molar-refractivity contribution >= 4 is 40.3 Å². The van der Waals surface area contributed by atoms with Crippen molar-refractivity contribution in [2.45, 2.75) is 19.4 Å². The van der Waals surface area contributed by atoms with Gasteiger partial charge in [0, 0.05) is 26.7 Å². The molecule has 0 bridgehead atoms. The van der Waals surface area contributed by atoms with Crippen LogP contribution in [0, 0.1) is 5.92 Å². The largest absolute Gasteiger partial charge is 0.356 e. The summed E-state index contributed by atoms with van der Waals surface area (Å²) in [5, 5.41) is 7.72. The summed E-state index contributed by atoms with van der Waals surface area (Å²) in [6, 6.07) is -0.181. The minimum absolute atomic E-state index is 0. The van der Waals surface area contributed by atoms with E-state index in [2.05, 4.69) is 24.9 Å². The standard InChI is InChI=1S/C13H21N7O3S.ClH/c1-19-7-10-11(18-13(19)21)15-8-16-12(10)20-4-2-9(3-5-20)6-17-24(14,22)23;/h8-9,17H,2-7H2,1H3,(H2,14,22,23)(H,15,16,18,21);1H. The summed E-state index contributed by atoms with van der Waals surface area (Å²) in [4.78, 5) is 24.0. The number of nitrogens with one attached hydrogen (secondary N) is 2. The Balaban J connectivity index is 0.00000225. The van der Waals surface area contributed by atoms with Gasteiger partial charge in [-0.05, 0) is 18.8 Å². The molecule has 0 unspecified atom stereocenters. The molecule has 140 valence electrons. The predicted octanol–water partition coefficient (Wildman–Crippen LogP) is -0.115. The average molecular weight is 392 g/mol. The molecular weight excluding hydrogens is 370 g/mol. The lowest BCUT2D eigenvalue weighted by atomic mass is 9.97. The van der Waals surface area contributed by atoms with Gasteiger partial charge in [-0.3, -0.25) is 5.32 Å². The highest BCUT2D eigenvalue weighted by atomic mass is 35.5. The van der Waals surface area contributed by atoms with Crippen LogP contribution < -0.4 is 20.1 Å². The van der Waals surface area contributed by atoms with E-state index in [1.165, 1.54) is 6.33 Å². The van der Waals surface area contributed by atoms with Gasteiger partial charge in [0.05, 0.1) is 12.1 Å². The molecule has 1 saturated heterocycles. The minimum atomic E-state index is -3.64. The Hall–Kier alpha value is -1.69. The van der Waals surface area contributed by atoms with Gasteiger partial charge in [-0.15, -0.1) is 12.4 Å². The fraction of sp³-hybridized carbons (Fsp3) is 0.615.